The average Bonchev–Trinajstić information content (AvgIpc) is 2.46. The van der Waals surface area contributed by atoms with Crippen LogP contribution in [-0.2, 0) is 13.0 Å². The summed E-state index contributed by atoms with van der Waals surface area (Å²) in [6, 6.07) is 19.6. The maximum Gasteiger partial charge on any atom is 0.0340 e. The van der Waals surface area contributed by atoms with E-state index in [2.05, 4.69) is 59.2 Å². The van der Waals surface area contributed by atoms with Gasteiger partial charge in [0.1, 0.15) is 0 Å². The molecule has 0 spiro atoms. The lowest BCUT2D eigenvalue weighted by Crippen LogP contribution is -2.40. The summed E-state index contributed by atoms with van der Waals surface area (Å²) in [7, 11) is 0. The smallest absolute Gasteiger partial charge is 0.0340 e. The lowest BCUT2D eigenvalue weighted by molar-refractivity contribution is 0.497. The molecule has 3 rings (SSSR count). The van der Waals surface area contributed by atoms with Crippen molar-refractivity contribution >= 4 is 5.69 Å². The molecule has 0 unspecified atom stereocenters. The maximum absolute atomic E-state index is 3.58. The molecule has 0 saturated heterocycles. The van der Waals surface area contributed by atoms with Gasteiger partial charge in [-0.1, -0.05) is 42.5 Å². The van der Waals surface area contributed by atoms with Crippen molar-refractivity contribution in [2.75, 3.05) is 11.9 Å². The van der Waals surface area contributed by atoms with E-state index < -0.39 is 0 Å². The molecule has 2 N–H and O–H groups in total. The first-order valence-corrected chi connectivity index (χ1v) is 6.51. The third-order valence-corrected chi connectivity index (χ3v) is 3.49. The standard InChI is InChI=1S/C16H18N2/c1-2-8-15(9-3-1)18-12-16-10-13-6-4-5-7-14(13)11-17-16/h1-9,16-18H,10-12H2/t16-/m1/s1. The molecule has 0 aromatic heterocycles. The van der Waals surface area contributed by atoms with Gasteiger partial charge >= 0.3 is 0 Å². The molecular weight excluding hydrogens is 220 g/mol. The molecule has 0 radical (unpaired) electrons. The zero-order valence-electron chi connectivity index (χ0n) is 10.4. The fourth-order valence-corrected chi connectivity index (χ4v) is 2.46. The van der Waals surface area contributed by atoms with E-state index in [0.29, 0.717) is 6.04 Å². The van der Waals surface area contributed by atoms with Crippen LogP contribution < -0.4 is 10.6 Å². The van der Waals surface area contributed by atoms with E-state index in [1.54, 1.807) is 0 Å². The Morgan fingerprint density at radius 1 is 0.944 bits per heavy atom. The Kier molecular flexibility index (Phi) is 3.29. The van der Waals surface area contributed by atoms with Gasteiger partial charge in [-0.3, -0.25) is 0 Å². The van der Waals surface area contributed by atoms with E-state index >= 15 is 0 Å². The van der Waals surface area contributed by atoms with Crippen molar-refractivity contribution < 1.29 is 0 Å². The zero-order valence-corrected chi connectivity index (χ0v) is 10.4. The number of fused-ring (bicyclic) bond motifs is 1. The van der Waals surface area contributed by atoms with Gasteiger partial charge in [-0.25, -0.2) is 0 Å². The molecular formula is C16H18N2. The summed E-state index contributed by atoms with van der Waals surface area (Å²) in [5, 5.41) is 7.07. The summed E-state index contributed by atoms with van der Waals surface area (Å²) < 4.78 is 0. The Morgan fingerprint density at radius 2 is 1.67 bits per heavy atom. The molecule has 0 amide bonds. The van der Waals surface area contributed by atoms with Crippen LogP contribution >= 0.6 is 0 Å². The van der Waals surface area contributed by atoms with Crippen LogP contribution in [0.4, 0.5) is 5.69 Å². The number of para-hydroxylation sites is 1. The highest BCUT2D eigenvalue weighted by Gasteiger charge is 2.16. The number of hydrogen-bond acceptors (Lipinski definition) is 2. The predicted molar refractivity (Wildman–Crippen MR) is 75.7 cm³/mol. The lowest BCUT2D eigenvalue weighted by Gasteiger charge is -2.26. The van der Waals surface area contributed by atoms with Crippen LogP contribution in [0.2, 0.25) is 0 Å². The second-order valence-corrected chi connectivity index (χ2v) is 4.80. The first-order chi connectivity index (χ1) is 8.92. The van der Waals surface area contributed by atoms with E-state index in [9.17, 15) is 0 Å². The average molecular weight is 238 g/mol. The molecule has 2 aromatic rings. The highest BCUT2D eigenvalue weighted by atomic mass is 15.0. The second-order valence-electron chi connectivity index (χ2n) is 4.80. The van der Waals surface area contributed by atoms with Crippen molar-refractivity contribution in [1.29, 1.82) is 0 Å². The van der Waals surface area contributed by atoms with Gasteiger partial charge in [0.05, 0.1) is 0 Å². The van der Waals surface area contributed by atoms with Gasteiger partial charge in [0.2, 0.25) is 0 Å². The first kappa shape index (κ1) is 11.3. The van der Waals surface area contributed by atoms with E-state index in [-0.39, 0.29) is 0 Å². The van der Waals surface area contributed by atoms with Gasteiger partial charge in [-0.15, -0.1) is 0 Å². The number of hydrogen-bond donors (Lipinski definition) is 2. The van der Waals surface area contributed by atoms with Gasteiger partial charge < -0.3 is 10.6 Å². The first-order valence-electron chi connectivity index (χ1n) is 6.51. The summed E-state index contributed by atoms with van der Waals surface area (Å²) in [6.07, 6.45) is 1.11. The predicted octanol–water partition coefficient (Wildman–Crippen LogP) is 2.81. The summed E-state index contributed by atoms with van der Waals surface area (Å²) in [5.74, 6) is 0. The van der Waals surface area contributed by atoms with Gasteiger partial charge in [-0.2, -0.15) is 0 Å². The second kappa shape index (κ2) is 5.23. The fourth-order valence-electron chi connectivity index (χ4n) is 2.46. The molecule has 1 atom stereocenters. The Labute approximate surface area is 108 Å². The summed E-state index contributed by atoms with van der Waals surface area (Å²) in [5.41, 5.74) is 4.11. The summed E-state index contributed by atoms with van der Waals surface area (Å²) in [6.45, 7) is 1.95. The van der Waals surface area contributed by atoms with Crippen LogP contribution in [0.15, 0.2) is 54.6 Å². The minimum atomic E-state index is 0.514. The van der Waals surface area contributed by atoms with Crippen LogP contribution in [0.25, 0.3) is 0 Å². The van der Waals surface area contributed by atoms with Crippen molar-refractivity contribution in [3.8, 4) is 0 Å². The molecule has 0 fully saturated rings. The monoisotopic (exact) mass is 238 g/mol. The number of benzene rings is 2. The SMILES string of the molecule is c1ccc(NC[C@H]2Cc3ccccc3CN2)cc1. The topological polar surface area (TPSA) is 24.1 Å². The third kappa shape index (κ3) is 2.54. The minimum Gasteiger partial charge on any atom is -0.383 e. The molecule has 2 heteroatoms. The zero-order chi connectivity index (χ0) is 12.2. The molecule has 0 bridgehead atoms. The van der Waals surface area contributed by atoms with E-state index in [0.717, 1.165) is 19.5 Å². The molecule has 1 aliphatic heterocycles. The molecule has 1 heterocycles. The molecule has 2 aromatic carbocycles. The van der Waals surface area contributed by atoms with Crippen molar-refractivity contribution in [1.82, 2.24) is 5.32 Å². The van der Waals surface area contributed by atoms with Crippen LogP contribution in [-0.4, -0.2) is 12.6 Å². The molecule has 2 nitrogen and oxygen atoms in total. The summed E-state index contributed by atoms with van der Waals surface area (Å²) >= 11 is 0. The van der Waals surface area contributed by atoms with Crippen molar-refractivity contribution in [3.05, 3.63) is 65.7 Å². The van der Waals surface area contributed by atoms with Gasteiger partial charge in [0, 0.05) is 24.8 Å². The van der Waals surface area contributed by atoms with Gasteiger partial charge in [0.15, 0.2) is 0 Å². The number of anilines is 1. The van der Waals surface area contributed by atoms with E-state index in [1.807, 2.05) is 6.07 Å². The third-order valence-electron chi connectivity index (χ3n) is 3.49. The number of rotatable bonds is 3. The Hall–Kier alpha value is -1.80. The molecule has 18 heavy (non-hydrogen) atoms. The molecule has 1 aliphatic rings. The molecule has 0 saturated carbocycles. The minimum absolute atomic E-state index is 0.514. The molecule has 0 aliphatic carbocycles. The highest BCUT2D eigenvalue weighted by molar-refractivity contribution is 5.42. The van der Waals surface area contributed by atoms with Crippen molar-refractivity contribution in [2.24, 2.45) is 0 Å². The van der Waals surface area contributed by atoms with Crippen LogP contribution in [0.1, 0.15) is 11.1 Å². The largest absolute Gasteiger partial charge is 0.383 e. The van der Waals surface area contributed by atoms with Gasteiger partial charge in [0.25, 0.3) is 0 Å². The summed E-state index contributed by atoms with van der Waals surface area (Å²) in [4.78, 5) is 0. The maximum atomic E-state index is 3.58. The van der Waals surface area contributed by atoms with Crippen molar-refractivity contribution in [2.45, 2.75) is 19.0 Å². The highest BCUT2D eigenvalue weighted by Crippen LogP contribution is 2.16. The van der Waals surface area contributed by atoms with Crippen LogP contribution in [0.3, 0.4) is 0 Å². The van der Waals surface area contributed by atoms with E-state index in [1.165, 1.54) is 16.8 Å². The van der Waals surface area contributed by atoms with Crippen LogP contribution in [0.5, 0.6) is 0 Å². The van der Waals surface area contributed by atoms with Crippen LogP contribution in [0, 0.1) is 0 Å². The Morgan fingerprint density at radius 3 is 2.50 bits per heavy atom. The Bertz CT molecular complexity index is 508. The fraction of sp³-hybridized carbons (Fsp3) is 0.250. The number of nitrogens with one attached hydrogen (secondary N) is 2. The Balaban J connectivity index is 1.60. The van der Waals surface area contributed by atoms with Gasteiger partial charge in [-0.05, 0) is 29.7 Å². The molecule has 92 valence electrons. The van der Waals surface area contributed by atoms with Crippen molar-refractivity contribution in [3.63, 3.8) is 0 Å². The lowest BCUT2D eigenvalue weighted by atomic mass is 9.96. The normalized spacial score (nSPS) is 18.1. The van der Waals surface area contributed by atoms with E-state index in [4.69, 9.17) is 0 Å². The quantitative estimate of drug-likeness (QED) is 0.859.